The predicted octanol–water partition coefficient (Wildman–Crippen LogP) is 2.91. The third kappa shape index (κ3) is 3.92. The number of pyridine rings is 1. The van der Waals surface area contributed by atoms with E-state index in [0.29, 0.717) is 24.1 Å². The van der Waals surface area contributed by atoms with Gasteiger partial charge in [-0.2, -0.15) is 0 Å². The van der Waals surface area contributed by atoms with Crippen LogP contribution >= 0.6 is 0 Å². The fraction of sp³-hybridized carbons (Fsp3) is 0.524. The highest BCUT2D eigenvalue weighted by Crippen LogP contribution is 2.39. The first-order valence-electron chi connectivity index (χ1n) is 9.67. The van der Waals surface area contributed by atoms with Gasteiger partial charge in [-0.15, -0.1) is 0 Å². The Morgan fingerprint density at radius 1 is 1.30 bits per heavy atom. The maximum Gasteiger partial charge on any atom is 0.253 e. The number of aryl methyl sites for hydroxylation is 1. The van der Waals surface area contributed by atoms with Crippen molar-refractivity contribution in [1.29, 1.82) is 0 Å². The van der Waals surface area contributed by atoms with Crippen molar-refractivity contribution >= 4 is 5.91 Å². The molecule has 1 aliphatic heterocycles. The number of aromatic nitrogens is 1. The summed E-state index contributed by atoms with van der Waals surface area (Å²) in [6.07, 6.45) is 6.68. The quantitative estimate of drug-likeness (QED) is 0.848. The van der Waals surface area contributed by atoms with E-state index in [-0.39, 0.29) is 11.9 Å². The zero-order chi connectivity index (χ0) is 18.8. The third-order valence-electron chi connectivity index (χ3n) is 5.82. The molecule has 2 aromatic heterocycles. The van der Waals surface area contributed by atoms with Crippen molar-refractivity contribution in [1.82, 2.24) is 15.2 Å². The maximum absolute atomic E-state index is 12.6. The summed E-state index contributed by atoms with van der Waals surface area (Å²) in [5.41, 5.74) is 1.65. The van der Waals surface area contributed by atoms with Crippen LogP contribution in [-0.4, -0.2) is 41.5 Å². The van der Waals surface area contributed by atoms with Crippen molar-refractivity contribution in [2.45, 2.75) is 51.4 Å². The molecule has 0 radical (unpaired) electrons. The van der Waals surface area contributed by atoms with E-state index in [1.807, 2.05) is 25.1 Å². The lowest BCUT2D eigenvalue weighted by Gasteiger charge is -2.23. The molecule has 1 N–H and O–H groups in total. The summed E-state index contributed by atoms with van der Waals surface area (Å²) in [6, 6.07) is 6.68. The average Bonchev–Trinajstić information content (AvgIpc) is 3.35. The Bertz CT molecular complexity index is 803. The Labute approximate surface area is 159 Å². The summed E-state index contributed by atoms with van der Waals surface area (Å²) in [5.74, 6) is 2.36. The summed E-state index contributed by atoms with van der Waals surface area (Å²) < 4.78 is 11.0. The van der Waals surface area contributed by atoms with Gasteiger partial charge in [-0.3, -0.25) is 14.7 Å². The van der Waals surface area contributed by atoms with E-state index in [4.69, 9.17) is 9.15 Å². The van der Waals surface area contributed by atoms with Crippen molar-refractivity contribution in [3.63, 3.8) is 0 Å². The van der Waals surface area contributed by atoms with Crippen LogP contribution < -0.4 is 5.32 Å². The maximum atomic E-state index is 12.6. The molecule has 6 nitrogen and oxygen atoms in total. The first kappa shape index (κ1) is 18.2. The highest BCUT2D eigenvalue weighted by Gasteiger charge is 2.44. The molecule has 4 rings (SSSR count). The van der Waals surface area contributed by atoms with Gasteiger partial charge in [0.05, 0.1) is 12.1 Å². The fourth-order valence-corrected chi connectivity index (χ4v) is 4.61. The summed E-state index contributed by atoms with van der Waals surface area (Å²) in [7, 11) is 1.67. The summed E-state index contributed by atoms with van der Waals surface area (Å²) in [5, 5.41) is 3.25. The zero-order valence-corrected chi connectivity index (χ0v) is 16.0. The lowest BCUT2D eigenvalue weighted by atomic mass is 9.99. The Hall–Kier alpha value is -2.18. The van der Waals surface area contributed by atoms with Crippen molar-refractivity contribution < 1.29 is 13.9 Å². The van der Waals surface area contributed by atoms with Gasteiger partial charge in [0.2, 0.25) is 0 Å². The zero-order valence-electron chi connectivity index (χ0n) is 16.0. The number of likely N-dealkylation sites (tertiary alicyclic amines) is 1. The van der Waals surface area contributed by atoms with Gasteiger partial charge in [-0.1, -0.05) is 0 Å². The number of carbonyl (C=O) groups is 1. The van der Waals surface area contributed by atoms with Gasteiger partial charge in [0.25, 0.3) is 5.91 Å². The van der Waals surface area contributed by atoms with Crippen molar-refractivity contribution in [2.75, 3.05) is 13.7 Å². The lowest BCUT2D eigenvalue weighted by Crippen LogP contribution is -2.39. The van der Waals surface area contributed by atoms with Crippen LogP contribution in [0.1, 0.15) is 46.7 Å². The second kappa shape index (κ2) is 7.82. The van der Waals surface area contributed by atoms with Crippen LogP contribution in [0.5, 0.6) is 0 Å². The van der Waals surface area contributed by atoms with Gasteiger partial charge in [0.15, 0.2) is 0 Å². The van der Waals surface area contributed by atoms with Crippen LogP contribution in [0.3, 0.4) is 0 Å². The second-order valence-electron chi connectivity index (χ2n) is 7.70. The topological polar surface area (TPSA) is 67.6 Å². The number of nitrogens with zero attached hydrogens (tertiary/aromatic N) is 2. The van der Waals surface area contributed by atoms with E-state index >= 15 is 0 Å². The van der Waals surface area contributed by atoms with E-state index in [0.717, 1.165) is 49.4 Å². The number of fused-ring (bicyclic) bond motifs is 1. The first-order chi connectivity index (χ1) is 13.1. The Kier molecular flexibility index (Phi) is 5.27. The van der Waals surface area contributed by atoms with Crippen LogP contribution in [0.15, 0.2) is 35.0 Å². The molecule has 144 valence electrons. The highest BCUT2D eigenvalue weighted by atomic mass is 16.5. The van der Waals surface area contributed by atoms with Gasteiger partial charge < -0.3 is 14.5 Å². The molecule has 0 spiro atoms. The monoisotopic (exact) mass is 369 g/mol. The van der Waals surface area contributed by atoms with Gasteiger partial charge in [0, 0.05) is 31.6 Å². The smallest absolute Gasteiger partial charge is 0.253 e. The molecule has 3 heterocycles. The van der Waals surface area contributed by atoms with E-state index in [1.165, 1.54) is 0 Å². The number of furan rings is 1. The fourth-order valence-electron chi connectivity index (χ4n) is 4.61. The first-order valence-corrected chi connectivity index (χ1v) is 9.67. The molecular formula is C21H27N3O3. The minimum atomic E-state index is -0.00876. The van der Waals surface area contributed by atoms with E-state index in [2.05, 4.69) is 15.2 Å². The summed E-state index contributed by atoms with van der Waals surface area (Å²) in [6.45, 7) is 4.34. The van der Waals surface area contributed by atoms with E-state index < -0.39 is 0 Å². The number of hydrogen-bond acceptors (Lipinski definition) is 5. The molecule has 2 aromatic rings. The van der Waals surface area contributed by atoms with Crippen LogP contribution in [0.2, 0.25) is 0 Å². The van der Waals surface area contributed by atoms with E-state index in [1.54, 1.807) is 19.5 Å². The molecule has 2 fully saturated rings. The minimum absolute atomic E-state index is 0.00876. The number of carbonyl (C=O) groups excluding carboxylic acids is 1. The van der Waals surface area contributed by atoms with Gasteiger partial charge >= 0.3 is 0 Å². The minimum Gasteiger partial charge on any atom is -0.462 e. The molecule has 6 heteroatoms. The molecule has 0 aromatic carbocycles. The molecule has 1 aliphatic carbocycles. The Morgan fingerprint density at radius 2 is 2.15 bits per heavy atom. The SMILES string of the molecule is COCc1ccc(CN2CC[C@H]3[C@@H](NC(=O)c4cncc(C)c4)CC[C@H]32)o1. The highest BCUT2D eigenvalue weighted by molar-refractivity contribution is 5.94. The summed E-state index contributed by atoms with van der Waals surface area (Å²) in [4.78, 5) is 19.2. The Balaban J connectivity index is 1.36. The van der Waals surface area contributed by atoms with Gasteiger partial charge in [-0.25, -0.2) is 0 Å². The van der Waals surface area contributed by atoms with Gasteiger partial charge in [0.1, 0.15) is 18.1 Å². The molecule has 2 aliphatic rings. The molecule has 0 unspecified atom stereocenters. The number of hydrogen-bond donors (Lipinski definition) is 1. The van der Waals surface area contributed by atoms with Crippen molar-refractivity contribution in [2.24, 2.45) is 5.92 Å². The molecule has 3 atom stereocenters. The van der Waals surface area contributed by atoms with Crippen LogP contribution in [-0.2, 0) is 17.9 Å². The molecule has 0 bridgehead atoms. The predicted molar refractivity (Wildman–Crippen MR) is 101 cm³/mol. The number of ether oxygens (including phenoxy) is 1. The van der Waals surface area contributed by atoms with Crippen LogP contribution in [0, 0.1) is 12.8 Å². The third-order valence-corrected chi connectivity index (χ3v) is 5.82. The number of rotatable bonds is 6. The molecule has 1 saturated carbocycles. The molecule has 1 amide bonds. The molecular weight excluding hydrogens is 342 g/mol. The molecule has 1 saturated heterocycles. The van der Waals surface area contributed by atoms with E-state index in [9.17, 15) is 4.79 Å². The number of amides is 1. The number of methoxy groups -OCH3 is 1. The van der Waals surface area contributed by atoms with Crippen LogP contribution in [0.4, 0.5) is 0 Å². The summed E-state index contributed by atoms with van der Waals surface area (Å²) >= 11 is 0. The van der Waals surface area contributed by atoms with Crippen molar-refractivity contribution in [3.8, 4) is 0 Å². The largest absolute Gasteiger partial charge is 0.462 e. The standard InChI is InChI=1S/C21H27N3O3/c1-14-9-15(11-22-10-14)21(25)23-19-5-6-20-18(19)7-8-24(20)12-16-3-4-17(27-16)13-26-2/h3-4,9-11,18-20H,5-8,12-13H2,1-2H3,(H,23,25)/t18-,19-,20+/m0/s1. The van der Waals surface area contributed by atoms with Crippen molar-refractivity contribution in [3.05, 3.63) is 53.2 Å². The number of nitrogens with one attached hydrogen (secondary N) is 1. The Morgan fingerprint density at radius 3 is 2.96 bits per heavy atom. The van der Waals surface area contributed by atoms with Crippen LogP contribution in [0.25, 0.3) is 0 Å². The average molecular weight is 369 g/mol. The molecule has 27 heavy (non-hydrogen) atoms. The lowest BCUT2D eigenvalue weighted by molar-refractivity contribution is 0.0926. The van der Waals surface area contributed by atoms with Gasteiger partial charge in [-0.05, 0) is 62.4 Å². The normalized spacial score (nSPS) is 24.9. The second-order valence-corrected chi connectivity index (χ2v) is 7.70.